The third kappa shape index (κ3) is 3.90. The van der Waals surface area contributed by atoms with E-state index < -0.39 is 0 Å². The summed E-state index contributed by atoms with van der Waals surface area (Å²) in [5.41, 5.74) is 1.37. The van der Waals surface area contributed by atoms with E-state index in [1.807, 2.05) is 0 Å². The summed E-state index contributed by atoms with van der Waals surface area (Å²) < 4.78 is 2.20. The minimum atomic E-state index is 0.461. The lowest BCUT2D eigenvalue weighted by Crippen LogP contribution is -2.39. The van der Waals surface area contributed by atoms with Crippen LogP contribution >= 0.6 is 11.3 Å². The van der Waals surface area contributed by atoms with Gasteiger partial charge in [-0.2, -0.15) is 11.3 Å². The summed E-state index contributed by atoms with van der Waals surface area (Å²) in [5.74, 6) is 3.35. The van der Waals surface area contributed by atoms with Gasteiger partial charge in [-0.05, 0) is 41.7 Å². The highest BCUT2D eigenvalue weighted by atomic mass is 32.1. The van der Waals surface area contributed by atoms with Crippen molar-refractivity contribution in [3.63, 3.8) is 0 Å². The Labute approximate surface area is 141 Å². The molecular formula is C16H24N6S. The number of thiophene rings is 1. The molecule has 3 rings (SSSR count). The largest absolute Gasteiger partial charge is 0.357 e. The van der Waals surface area contributed by atoms with E-state index in [-0.39, 0.29) is 0 Å². The van der Waals surface area contributed by atoms with Crippen molar-refractivity contribution >= 4 is 17.3 Å². The normalized spacial score (nSPS) is 15.5. The zero-order valence-electron chi connectivity index (χ0n) is 13.7. The van der Waals surface area contributed by atoms with Gasteiger partial charge < -0.3 is 15.2 Å². The number of nitrogens with one attached hydrogen (secondary N) is 2. The van der Waals surface area contributed by atoms with E-state index >= 15 is 0 Å². The van der Waals surface area contributed by atoms with E-state index in [0.29, 0.717) is 12.5 Å². The third-order valence-electron chi connectivity index (χ3n) is 4.10. The molecule has 23 heavy (non-hydrogen) atoms. The second-order valence-electron chi connectivity index (χ2n) is 5.82. The molecule has 0 saturated heterocycles. The molecule has 2 aromatic heterocycles. The van der Waals surface area contributed by atoms with Crippen molar-refractivity contribution in [1.29, 1.82) is 0 Å². The van der Waals surface area contributed by atoms with Crippen molar-refractivity contribution in [3.05, 3.63) is 34.0 Å². The molecule has 3 heterocycles. The molecule has 1 aliphatic heterocycles. The second kappa shape index (κ2) is 7.59. The minimum absolute atomic E-state index is 0.461. The van der Waals surface area contributed by atoms with E-state index in [9.17, 15) is 0 Å². The van der Waals surface area contributed by atoms with Crippen LogP contribution in [0.15, 0.2) is 21.8 Å². The fourth-order valence-corrected chi connectivity index (χ4v) is 3.52. The Morgan fingerprint density at radius 3 is 3.13 bits per heavy atom. The molecule has 0 fully saturated rings. The summed E-state index contributed by atoms with van der Waals surface area (Å²) in [5, 5.41) is 19.5. The Morgan fingerprint density at radius 1 is 1.43 bits per heavy atom. The number of aryl methyl sites for hydroxylation is 1. The average Bonchev–Trinajstić information content (AvgIpc) is 3.27. The Bertz CT molecular complexity index is 646. The lowest BCUT2D eigenvalue weighted by atomic mass is 10.1. The number of aromatic nitrogens is 3. The summed E-state index contributed by atoms with van der Waals surface area (Å²) in [6.07, 6.45) is 2.20. The highest BCUT2D eigenvalue weighted by Gasteiger charge is 2.16. The first kappa shape index (κ1) is 16.0. The van der Waals surface area contributed by atoms with Crippen LogP contribution in [0.3, 0.4) is 0 Å². The van der Waals surface area contributed by atoms with Crippen LogP contribution in [0.4, 0.5) is 0 Å². The van der Waals surface area contributed by atoms with Crippen molar-refractivity contribution in [2.75, 3.05) is 13.1 Å². The van der Waals surface area contributed by atoms with Crippen LogP contribution in [0, 0.1) is 0 Å². The fraction of sp³-hybridized carbons (Fsp3) is 0.562. The Hall–Kier alpha value is -1.89. The summed E-state index contributed by atoms with van der Waals surface area (Å²) in [7, 11) is 0. The lowest BCUT2D eigenvalue weighted by Gasteiger charge is -2.15. The van der Waals surface area contributed by atoms with Gasteiger partial charge in [0.15, 0.2) is 11.8 Å². The molecule has 1 atom stereocenters. The maximum Gasteiger partial charge on any atom is 0.191 e. The molecule has 2 N–H and O–H groups in total. The van der Waals surface area contributed by atoms with Crippen LogP contribution in [0.25, 0.3) is 0 Å². The van der Waals surface area contributed by atoms with Crippen molar-refractivity contribution in [2.45, 2.75) is 45.7 Å². The number of hydrogen-bond acceptors (Lipinski definition) is 4. The molecule has 0 radical (unpaired) electrons. The van der Waals surface area contributed by atoms with Crippen LogP contribution in [0.1, 0.15) is 43.4 Å². The highest BCUT2D eigenvalue weighted by Crippen LogP contribution is 2.17. The molecule has 7 heteroatoms. The van der Waals surface area contributed by atoms with Gasteiger partial charge in [0.25, 0.3) is 0 Å². The molecule has 124 valence electrons. The van der Waals surface area contributed by atoms with Crippen LogP contribution in [-0.4, -0.2) is 33.8 Å². The number of aliphatic imine (C=N–C) groups is 1. The molecule has 0 spiro atoms. The van der Waals surface area contributed by atoms with E-state index in [2.05, 4.69) is 61.1 Å². The topological polar surface area (TPSA) is 67.1 Å². The van der Waals surface area contributed by atoms with Gasteiger partial charge in [0, 0.05) is 26.1 Å². The van der Waals surface area contributed by atoms with Gasteiger partial charge in [-0.3, -0.25) is 0 Å². The second-order valence-corrected chi connectivity index (χ2v) is 6.60. The maximum absolute atomic E-state index is 4.66. The molecule has 0 aromatic carbocycles. The molecule has 0 aliphatic carbocycles. The summed E-state index contributed by atoms with van der Waals surface area (Å²) in [6, 6.07) is 2.18. The van der Waals surface area contributed by atoms with Crippen LogP contribution in [0.5, 0.6) is 0 Å². The van der Waals surface area contributed by atoms with E-state index in [1.54, 1.807) is 11.3 Å². The molecule has 1 unspecified atom stereocenters. The summed E-state index contributed by atoms with van der Waals surface area (Å²) in [6.45, 7) is 7.59. The molecular weight excluding hydrogens is 308 g/mol. The first-order valence-corrected chi connectivity index (χ1v) is 9.17. The maximum atomic E-state index is 4.66. The highest BCUT2D eigenvalue weighted by molar-refractivity contribution is 7.07. The summed E-state index contributed by atoms with van der Waals surface area (Å²) >= 11 is 1.74. The van der Waals surface area contributed by atoms with Crippen molar-refractivity contribution in [3.8, 4) is 0 Å². The van der Waals surface area contributed by atoms with E-state index in [1.165, 1.54) is 5.56 Å². The van der Waals surface area contributed by atoms with Crippen LogP contribution in [-0.2, 0) is 19.5 Å². The van der Waals surface area contributed by atoms with Gasteiger partial charge in [-0.15, -0.1) is 10.2 Å². The molecule has 1 aliphatic rings. The minimum Gasteiger partial charge on any atom is -0.357 e. The van der Waals surface area contributed by atoms with Gasteiger partial charge in [0.1, 0.15) is 12.4 Å². The van der Waals surface area contributed by atoms with Gasteiger partial charge in [0.2, 0.25) is 0 Å². The Morgan fingerprint density at radius 2 is 2.35 bits per heavy atom. The zero-order chi connectivity index (χ0) is 16.1. The predicted molar refractivity (Wildman–Crippen MR) is 93.9 cm³/mol. The molecule has 0 amide bonds. The van der Waals surface area contributed by atoms with Crippen molar-refractivity contribution in [1.82, 2.24) is 25.4 Å². The number of fused-ring (bicyclic) bond motifs is 1. The standard InChI is InChI=1S/C16H24N6S/c1-3-17-16(18-9-12(2)13-6-8-23-11-13)19-10-15-21-20-14-5-4-7-22(14)15/h6,8,11-12H,3-5,7,9-10H2,1-2H3,(H2,17,18,19). The van der Waals surface area contributed by atoms with Crippen molar-refractivity contribution in [2.24, 2.45) is 4.99 Å². The lowest BCUT2D eigenvalue weighted by molar-refractivity contribution is 0.676. The smallest absolute Gasteiger partial charge is 0.191 e. The van der Waals surface area contributed by atoms with Crippen LogP contribution in [0.2, 0.25) is 0 Å². The van der Waals surface area contributed by atoms with Gasteiger partial charge >= 0.3 is 0 Å². The zero-order valence-corrected chi connectivity index (χ0v) is 14.6. The number of rotatable bonds is 6. The predicted octanol–water partition coefficient (Wildman–Crippen LogP) is 2.14. The first-order valence-electron chi connectivity index (χ1n) is 8.23. The first-order chi connectivity index (χ1) is 11.3. The van der Waals surface area contributed by atoms with E-state index in [4.69, 9.17) is 0 Å². The fourth-order valence-electron chi connectivity index (χ4n) is 2.74. The molecule has 0 saturated carbocycles. The van der Waals surface area contributed by atoms with E-state index in [0.717, 1.165) is 50.1 Å². The van der Waals surface area contributed by atoms with Crippen LogP contribution < -0.4 is 10.6 Å². The van der Waals surface area contributed by atoms with Gasteiger partial charge in [-0.25, -0.2) is 4.99 Å². The Kier molecular flexibility index (Phi) is 5.27. The number of guanidine groups is 1. The molecule has 2 aromatic rings. The SMILES string of the molecule is CCNC(=NCc1nnc2n1CCC2)NCC(C)c1ccsc1. The number of nitrogens with zero attached hydrogens (tertiary/aromatic N) is 4. The molecule has 6 nitrogen and oxygen atoms in total. The molecule has 0 bridgehead atoms. The average molecular weight is 332 g/mol. The summed E-state index contributed by atoms with van der Waals surface area (Å²) in [4.78, 5) is 4.66. The Balaban J connectivity index is 1.59. The third-order valence-corrected chi connectivity index (χ3v) is 4.80. The quantitative estimate of drug-likeness (QED) is 0.628. The monoisotopic (exact) mass is 332 g/mol. The van der Waals surface area contributed by atoms with Crippen molar-refractivity contribution < 1.29 is 0 Å². The van der Waals surface area contributed by atoms with Gasteiger partial charge in [0.05, 0.1) is 0 Å². The number of hydrogen-bond donors (Lipinski definition) is 2. The van der Waals surface area contributed by atoms with Gasteiger partial charge in [-0.1, -0.05) is 6.92 Å².